The van der Waals surface area contributed by atoms with E-state index < -0.39 is 21.8 Å². The van der Waals surface area contributed by atoms with Gasteiger partial charge in [0.05, 0.1) is 16.5 Å². The highest BCUT2D eigenvalue weighted by atomic mass is 79.9. The number of hydrogen-bond acceptors (Lipinski definition) is 3. The molecule has 0 aliphatic carbocycles. The molecular formula is C19H20BrFN2O3S. The highest BCUT2D eigenvalue weighted by Crippen LogP contribution is 2.26. The molecule has 0 radical (unpaired) electrons. The first-order chi connectivity index (χ1) is 12.8. The third kappa shape index (κ3) is 4.56. The molecule has 144 valence electrons. The van der Waals surface area contributed by atoms with E-state index in [-0.39, 0.29) is 23.0 Å². The van der Waals surface area contributed by atoms with Crippen LogP contribution in [-0.2, 0) is 14.8 Å². The number of halogens is 2. The van der Waals surface area contributed by atoms with Gasteiger partial charge in [-0.1, -0.05) is 33.6 Å². The average Bonchev–Trinajstić information content (AvgIpc) is 2.64. The summed E-state index contributed by atoms with van der Waals surface area (Å²) in [7, 11) is -3.66. The second-order valence-electron chi connectivity index (χ2n) is 6.63. The topological polar surface area (TPSA) is 66.5 Å². The molecule has 1 aliphatic rings. The molecule has 0 saturated carbocycles. The Hall–Kier alpha value is -1.77. The number of rotatable bonds is 4. The molecule has 2 aromatic rings. The summed E-state index contributed by atoms with van der Waals surface area (Å²) in [5.41, 5.74) is 1.06. The fraction of sp³-hybridized carbons (Fsp3) is 0.316. The number of carbonyl (C=O) groups excluding carboxylic acids is 1. The summed E-state index contributed by atoms with van der Waals surface area (Å²) >= 11 is 3.17. The predicted octanol–water partition coefficient (Wildman–Crippen LogP) is 3.94. The van der Waals surface area contributed by atoms with Crippen molar-refractivity contribution in [1.29, 1.82) is 0 Å². The third-order valence-electron chi connectivity index (χ3n) is 4.60. The Morgan fingerprint density at radius 3 is 2.59 bits per heavy atom. The lowest BCUT2D eigenvalue weighted by Crippen LogP contribution is -2.43. The summed E-state index contributed by atoms with van der Waals surface area (Å²) in [6.07, 6.45) is 1.13. The average molecular weight is 455 g/mol. The number of aryl methyl sites for hydroxylation is 1. The molecular weight excluding hydrogens is 435 g/mol. The minimum atomic E-state index is -3.66. The Bertz CT molecular complexity index is 948. The second-order valence-corrected chi connectivity index (χ2v) is 9.48. The summed E-state index contributed by atoms with van der Waals surface area (Å²) in [6.45, 7) is 2.34. The van der Waals surface area contributed by atoms with Crippen molar-refractivity contribution in [2.75, 3.05) is 18.4 Å². The highest BCUT2D eigenvalue weighted by Gasteiger charge is 2.33. The molecule has 3 rings (SSSR count). The lowest BCUT2D eigenvalue weighted by molar-refractivity contribution is -0.120. The molecule has 0 aromatic heterocycles. The first-order valence-corrected chi connectivity index (χ1v) is 10.8. The number of nitrogens with zero attached hydrogens (tertiary/aromatic N) is 1. The van der Waals surface area contributed by atoms with E-state index in [0.29, 0.717) is 23.9 Å². The van der Waals surface area contributed by atoms with E-state index >= 15 is 0 Å². The van der Waals surface area contributed by atoms with Gasteiger partial charge in [-0.05, 0) is 50.1 Å². The number of sulfonamides is 1. The molecule has 1 amide bonds. The van der Waals surface area contributed by atoms with Crippen LogP contribution < -0.4 is 5.32 Å². The second kappa shape index (κ2) is 8.08. The van der Waals surface area contributed by atoms with E-state index in [4.69, 9.17) is 0 Å². The van der Waals surface area contributed by atoms with Crippen LogP contribution in [0.15, 0.2) is 51.8 Å². The van der Waals surface area contributed by atoms with Gasteiger partial charge >= 0.3 is 0 Å². The summed E-state index contributed by atoms with van der Waals surface area (Å²) in [5, 5.41) is 2.57. The minimum absolute atomic E-state index is 0.0835. The van der Waals surface area contributed by atoms with Crippen molar-refractivity contribution in [1.82, 2.24) is 4.31 Å². The van der Waals surface area contributed by atoms with Gasteiger partial charge in [-0.15, -0.1) is 0 Å². The fourth-order valence-electron chi connectivity index (χ4n) is 3.06. The summed E-state index contributed by atoms with van der Waals surface area (Å²) in [6, 6.07) is 11.0. The Morgan fingerprint density at radius 1 is 1.22 bits per heavy atom. The monoisotopic (exact) mass is 454 g/mol. The van der Waals surface area contributed by atoms with Crippen molar-refractivity contribution >= 4 is 37.5 Å². The van der Waals surface area contributed by atoms with Gasteiger partial charge in [0.1, 0.15) is 5.82 Å². The maximum atomic E-state index is 13.9. The van der Waals surface area contributed by atoms with Crippen LogP contribution in [0.4, 0.5) is 10.1 Å². The molecule has 1 aliphatic heterocycles. The van der Waals surface area contributed by atoms with E-state index in [1.54, 1.807) is 30.3 Å². The van der Waals surface area contributed by atoms with E-state index in [1.807, 2.05) is 6.92 Å². The van der Waals surface area contributed by atoms with Crippen molar-refractivity contribution in [2.45, 2.75) is 24.7 Å². The van der Waals surface area contributed by atoms with Crippen LogP contribution in [-0.4, -0.2) is 31.7 Å². The maximum Gasteiger partial charge on any atom is 0.243 e. The van der Waals surface area contributed by atoms with Gasteiger partial charge in [0, 0.05) is 17.6 Å². The van der Waals surface area contributed by atoms with Crippen molar-refractivity contribution in [3.8, 4) is 0 Å². The molecule has 1 fully saturated rings. The quantitative estimate of drug-likeness (QED) is 0.760. The molecule has 8 heteroatoms. The minimum Gasteiger partial charge on any atom is -0.323 e. The van der Waals surface area contributed by atoms with Crippen LogP contribution in [0.5, 0.6) is 0 Å². The molecule has 5 nitrogen and oxygen atoms in total. The van der Waals surface area contributed by atoms with Crippen LogP contribution in [0.3, 0.4) is 0 Å². The Balaban J connectivity index is 1.73. The van der Waals surface area contributed by atoms with Crippen LogP contribution in [0, 0.1) is 18.7 Å². The van der Waals surface area contributed by atoms with E-state index in [9.17, 15) is 17.6 Å². The molecule has 1 N–H and O–H groups in total. The number of hydrogen-bond donors (Lipinski definition) is 1. The molecule has 1 unspecified atom stereocenters. The molecule has 1 saturated heterocycles. The Labute approximate surface area is 166 Å². The van der Waals surface area contributed by atoms with E-state index in [1.165, 1.54) is 16.4 Å². The molecule has 1 heterocycles. The highest BCUT2D eigenvalue weighted by molar-refractivity contribution is 9.10. The van der Waals surface area contributed by atoms with Gasteiger partial charge in [0.2, 0.25) is 15.9 Å². The molecule has 2 aromatic carbocycles. The van der Waals surface area contributed by atoms with Gasteiger partial charge in [-0.3, -0.25) is 4.79 Å². The number of nitrogens with one attached hydrogen (secondary N) is 1. The third-order valence-corrected chi connectivity index (χ3v) is 6.98. The summed E-state index contributed by atoms with van der Waals surface area (Å²) in [5.74, 6) is -1.44. The zero-order valence-electron chi connectivity index (χ0n) is 14.8. The van der Waals surface area contributed by atoms with Gasteiger partial charge in [-0.2, -0.15) is 4.31 Å². The Kier molecular flexibility index (Phi) is 5.98. The normalized spacial score (nSPS) is 18.3. The summed E-state index contributed by atoms with van der Waals surface area (Å²) < 4.78 is 41.5. The predicted molar refractivity (Wildman–Crippen MR) is 105 cm³/mol. The smallest absolute Gasteiger partial charge is 0.243 e. The standard InChI is InChI=1S/C19H20BrFN2O3S/c1-13-4-7-16(8-5-13)27(25,26)23-10-2-3-14(12-23)19(24)22-18-9-6-15(20)11-17(18)21/h4-9,11,14H,2-3,10,12H2,1H3,(H,22,24). The van der Waals surface area contributed by atoms with Gasteiger partial charge < -0.3 is 5.32 Å². The SMILES string of the molecule is Cc1ccc(S(=O)(=O)N2CCCC(C(=O)Nc3ccc(Br)cc3F)C2)cc1. The van der Waals surface area contributed by atoms with Crippen LogP contribution in [0.1, 0.15) is 18.4 Å². The molecule has 0 spiro atoms. The van der Waals surface area contributed by atoms with Crippen molar-refractivity contribution < 1.29 is 17.6 Å². The first kappa shape index (κ1) is 20.0. The number of carbonyl (C=O) groups is 1. The van der Waals surface area contributed by atoms with Gasteiger partial charge in [0.25, 0.3) is 0 Å². The number of amides is 1. The lowest BCUT2D eigenvalue weighted by atomic mass is 9.98. The molecule has 0 bridgehead atoms. The fourth-order valence-corrected chi connectivity index (χ4v) is 4.92. The van der Waals surface area contributed by atoms with Crippen LogP contribution in [0.2, 0.25) is 0 Å². The molecule has 27 heavy (non-hydrogen) atoms. The Morgan fingerprint density at radius 2 is 1.93 bits per heavy atom. The summed E-state index contributed by atoms with van der Waals surface area (Å²) in [4.78, 5) is 12.8. The van der Waals surface area contributed by atoms with Crippen molar-refractivity contribution in [2.24, 2.45) is 5.92 Å². The lowest BCUT2D eigenvalue weighted by Gasteiger charge is -2.31. The van der Waals surface area contributed by atoms with Crippen LogP contribution >= 0.6 is 15.9 Å². The number of piperidine rings is 1. The zero-order chi connectivity index (χ0) is 19.6. The zero-order valence-corrected chi connectivity index (χ0v) is 17.2. The van der Waals surface area contributed by atoms with Gasteiger partial charge in [-0.25, -0.2) is 12.8 Å². The number of anilines is 1. The first-order valence-electron chi connectivity index (χ1n) is 8.60. The maximum absolute atomic E-state index is 13.9. The number of benzene rings is 2. The van der Waals surface area contributed by atoms with E-state index in [2.05, 4.69) is 21.2 Å². The van der Waals surface area contributed by atoms with Crippen LogP contribution in [0.25, 0.3) is 0 Å². The van der Waals surface area contributed by atoms with E-state index in [0.717, 1.165) is 5.56 Å². The van der Waals surface area contributed by atoms with Crippen molar-refractivity contribution in [3.63, 3.8) is 0 Å². The largest absolute Gasteiger partial charge is 0.323 e. The van der Waals surface area contributed by atoms with Gasteiger partial charge in [0.15, 0.2) is 0 Å². The molecule has 1 atom stereocenters. The van der Waals surface area contributed by atoms with Crippen molar-refractivity contribution in [3.05, 3.63) is 58.3 Å².